The maximum atomic E-state index is 11.4. The van der Waals surface area contributed by atoms with Crippen molar-refractivity contribution in [3.63, 3.8) is 0 Å². The predicted molar refractivity (Wildman–Crippen MR) is 87.6 cm³/mol. The molecule has 0 N–H and O–H groups in total. The molecule has 0 bridgehead atoms. The largest absolute Gasteiger partial charge is 0.496 e. The van der Waals surface area contributed by atoms with Gasteiger partial charge in [0.15, 0.2) is 0 Å². The smallest absolute Gasteiger partial charge is 0.337 e. The molecule has 0 fully saturated rings. The summed E-state index contributed by atoms with van der Waals surface area (Å²) < 4.78 is 11.1. The summed E-state index contributed by atoms with van der Waals surface area (Å²) in [5.41, 5.74) is 0.553. The third-order valence-corrected chi connectivity index (χ3v) is 4.52. The number of halogens is 1. The quantitative estimate of drug-likeness (QED) is 0.568. The molecule has 2 aromatic rings. The Bertz CT molecular complexity index is 611. The monoisotopic (exact) mass is 400 g/mol. The van der Waals surface area contributed by atoms with Crippen LogP contribution in [0.3, 0.4) is 0 Å². The lowest BCUT2D eigenvalue weighted by molar-refractivity contribution is 0.0600. The highest BCUT2D eigenvalue weighted by Gasteiger charge is 2.06. The van der Waals surface area contributed by atoms with Crippen molar-refractivity contribution < 1.29 is 14.3 Å². The van der Waals surface area contributed by atoms with Crippen molar-refractivity contribution in [2.24, 2.45) is 0 Å². The van der Waals surface area contributed by atoms with Gasteiger partial charge >= 0.3 is 5.97 Å². The van der Waals surface area contributed by atoms with Crippen LogP contribution in [-0.2, 0) is 4.74 Å². The Labute approximate surface area is 135 Å². The summed E-state index contributed by atoms with van der Waals surface area (Å²) in [6.45, 7) is 0. The minimum atomic E-state index is -0.322. The molecule has 0 unspecified atom stereocenters. The molecule has 0 aliphatic rings. The van der Waals surface area contributed by atoms with Gasteiger partial charge in [0.05, 0.1) is 23.4 Å². The van der Waals surface area contributed by atoms with Gasteiger partial charge in [0.2, 0.25) is 0 Å². The first-order chi connectivity index (χ1) is 9.63. The number of carbonyl (C=O) groups is 1. The van der Waals surface area contributed by atoms with Crippen molar-refractivity contribution in [3.05, 3.63) is 51.6 Å². The zero-order valence-electron chi connectivity index (χ0n) is 11.1. The second-order valence-electron chi connectivity index (χ2n) is 3.91. The van der Waals surface area contributed by atoms with Crippen LogP contribution >= 0.6 is 34.4 Å². The standard InChI is InChI=1S/C15H13IO3S/c1-18-14-9-12(7-8-13(14)16)20-11-5-3-10(4-6-11)15(17)19-2/h3-9H,1-2H3. The van der Waals surface area contributed by atoms with E-state index in [0.717, 1.165) is 19.1 Å². The molecule has 0 amide bonds. The predicted octanol–water partition coefficient (Wildman–Crippen LogP) is 4.24. The second kappa shape index (κ2) is 6.99. The van der Waals surface area contributed by atoms with Gasteiger partial charge in [-0.3, -0.25) is 0 Å². The molecule has 0 aliphatic heterocycles. The van der Waals surface area contributed by atoms with Crippen LogP contribution in [0.25, 0.3) is 0 Å². The lowest BCUT2D eigenvalue weighted by atomic mass is 10.2. The van der Waals surface area contributed by atoms with E-state index in [4.69, 9.17) is 4.74 Å². The Hall–Kier alpha value is -1.21. The molecule has 5 heteroatoms. The van der Waals surface area contributed by atoms with Crippen LogP contribution in [0.15, 0.2) is 52.3 Å². The minimum absolute atomic E-state index is 0.322. The number of hydrogen-bond donors (Lipinski definition) is 0. The molecule has 0 atom stereocenters. The highest BCUT2D eigenvalue weighted by Crippen LogP contribution is 2.32. The van der Waals surface area contributed by atoms with Crippen LogP contribution in [0.2, 0.25) is 0 Å². The first kappa shape index (κ1) is 15.2. The number of rotatable bonds is 4. The van der Waals surface area contributed by atoms with Crippen LogP contribution in [0.5, 0.6) is 5.75 Å². The van der Waals surface area contributed by atoms with Gasteiger partial charge in [-0.05, 0) is 65.1 Å². The zero-order valence-corrected chi connectivity index (χ0v) is 14.0. The van der Waals surface area contributed by atoms with Crippen LogP contribution in [0, 0.1) is 3.57 Å². The van der Waals surface area contributed by atoms with Crippen molar-refractivity contribution in [2.75, 3.05) is 14.2 Å². The molecule has 2 rings (SSSR count). The molecule has 2 aromatic carbocycles. The summed E-state index contributed by atoms with van der Waals surface area (Å²) in [6, 6.07) is 13.4. The van der Waals surface area contributed by atoms with Gasteiger partial charge in [0.25, 0.3) is 0 Å². The number of hydrogen-bond acceptors (Lipinski definition) is 4. The lowest BCUT2D eigenvalue weighted by Crippen LogP contribution is -2.00. The molecule has 0 spiro atoms. The molecule has 3 nitrogen and oxygen atoms in total. The molecule has 20 heavy (non-hydrogen) atoms. The first-order valence-corrected chi connectivity index (χ1v) is 7.73. The highest BCUT2D eigenvalue weighted by atomic mass is 127. The van der Waals surface area contributed by atoms with Crippen LogP contribution < -0.4 is 4.74 Å². The topological polar surface area (TPSA) is 35.5 Å². The van der Waals surface area contributed by atoms with Gasteiger partial charge < -0.3 is 9.47 Å². The van der Waals surface area contributed by atoms with Gasteiger partial charge in [-0.25, -0.2) is 4.79 Å². The molecule has 104 valence electrons. The molecule has 0 saturated heterocycles. The van der Waals surface area contributed by atoms with Gasteiger partial charge in [0.1, 0.15) is 5.75 Å². The summed E-state index contributed by atoms with van der Waals surface area (Å²) in [4.78, 5) is 13.5. The third-order valence-electron chi connectivity index (χ3n) is 2.63. The van der Waals surface area contributed by atoms with E-state index >= 15 is 0 Å². The van der Waals surface area contributed by atoms with Crippen molar-refractivity contribution in [2.45, 2.75) is 9.79 Å². The fraction of sp³-hybridized carbons (Fsp3) is 0.133. The average Bonchev–Trinajstić information content (AvgIpc) is 2.49. The Morgan fingerprint density at radius 2 is 1.70 bits per heavy atom. The number of carbonyl (C=O) groups excluding carboxylic acids is 1. The van der Waals surface area contributed by atoms with E-state index < -0.39 is 0 Å². The van der Waals surface area contributed by atoms with Crippen LogP contribution in [0.1, 0.15) is 10.4 Å². The maximum absolute atomic E-state index is 11.4. The van der Waals surface area contributed by atoms with Crippen molar-refractivity contribution in [1.82, 2.24) is 0 Å². The van der Waals surface area contributed by atoms with Crippen molar-refractivity contribution in [1.29, 1.82) is 0 Å². The molecule has 0 aliphatic carbocycles. The first-order valence-electron chi connectivity index (χ1n) is 5.84. The third kappa shape index (κ3) is 3.67. The van der Waals surface area contributed by atoms with Gasteiger partial charge in [-0.2, -0.15) is 0 Å². The Morgan fingerprint density at radius 3 is 2.30 bits per heavy atom. The number of methoxy groups -OCH3 is 2. The maximum Gasteiger partial charge on any atom is 0.337 e. The normalized spacial score (nSPS) is 10.2. The number of esters is 1. The summed E-state index contributed by atoms with van der Waals surface area (Å²) >= 11 is 3.86. The summed E-state index contributed by atoms with van der Waals surface area (Å²) in [7, 11) is 3.04. The summed E-state index contributed by atoms with van der Waals surface area (Å²) in [6.07, 6.45) is 0. The average molecular weight is 400 g/mol. The fourth-order valence-corrected chi connectivity index (χ4v) is 3.02. The molecule has 0 radical (unpaired) electrons. The van der Waals surface area contributed by atoms with E-state index in [-0.39, 0.29) is 5.97 Å². The summed E-state index contributed by atoms with van der Waals surface area (Å²) in [5, 5.41) is 0. The van der Waals surface area contributed by atoms with E-state index in [1.165, 1.54) is 7.11 Å². The molecule has 0 heterocycles. The molecular weight excluding hydrogens is 387 g/mol. The van der Waals surface area contributed by atoms with E-state index in [1.807, 2.05) is 30.3 Å². The van der Waals surface area contributed by atoms with Gasteiger partial charge in [0, 0.05) is 9.79 Å². The summed E-state index contributed by atoms with van der Waals surface area (Å²) in [5.74, 6) is 0.541. The van der Waals surface area contributed by atoms with Crippen LogP contribution in [-0.4, -0.2) is 20.2 Å². The Kier molecular flexibility index (Phi) is 5.31. The van der Waals surface area contributed by atoms with Crippen molar-refractivity contribution >= 4 is 40.3 Å². The van der Waals surface area contributed by atoms with E-state index in [0.29, 0.717) is 5.56 Å². The van der Waals surface area contributed by atoms with Crippen LogP contribution in [0.4, 0.5) is 0 Å². The van der Waals surface area contributed by atoms with E-state index in [9.17, 15) is 4.79 Å². The number of benzene rings is 2. The zero-order chi connectivity index (χ0) is 14.5. The van der Waals surface area contributed by atoms with E-state index in [1.54, 1.807) is 31.0 Å². The minimum Gasteiger partial charge on any atom is -0.496 e. The molecular formula is C15H13IO3S. The van der Waals surface area contributed by atoms with E-state index in [2.05, 4.69) is 27.3 Å². The van der Waals surface area contributed by atoms with Crippen molar-refractivity contribution in [3.8, 4) is 5.75 Å². The van der Waals surface area contributed by atoms with Gasteiger partial charge in [-0.15, -0.1) is 0 Å². The molecule has 0 aromatic heterocycles. The second-order valence-corrected chi connectivity index (χ2v) is 6.22. The highest BCUT2D eigenvalue weighted by molar-refractivity contribution is 14.1. The Balaban J connectivity index is 2.16. The number of ether oxygens (including phenoxy) is 2. The van der Waals surface area contributed by atoms with Gasteiger partial charge in [-0.1, -0.05) is 11.8 Å². The SMILES string of the molecule is COC(=O)c1ccc(Sc2ccc(I)c(OC)c2)cc1. The molecule has 0 saturated carbocycles. The fourth-order valence-electron chi connectivity index (χ4n) is 1.62. The Morgan fingerprint density at radius 1 is 1.05 bits per heavy atom. The lowest BCUT2D eigenvalue weighted by Gasteiger charge is -2.07.